The predicted octanol–water partition coefficient (Wildman–Crippen LogP) is 0.524. The summed E-state index contributed by atoms with van der Waals surface area (Å²) in [7, 11) is 0. The lowest BCUT2D eigenvalue weighted by molar-refractivity contribution is -0.123. The van der Waals surface area contributed by atoms with E-state index in [-0.39, 0.29) is 11.9 Å². The summed E-state index contributed by atoms with van der Waals surface area (Å²) < 4.78 is 0. The Morgan fingerprint density at radius 1 is 1.69 bits per heavy atom. The zero-order chi connectivity index (χ0) is 12.2. The number of aliphatic hydroxyl groups is 1. The number of amides is 1. The van der Waals surface area contributed by atoms with Crippen molar-refractivity contribution in [1.82, 2.24) is 10.2 Å². The molecule has 1 atom stereocenters. The molecule has 0 aromatic carbocycles. The highest BCUT2D eigenvalue weighted by atomic mass is 16.3. The van der Waals surface area contributed by atoms with Crippen molar-refractivity contribution in [1.29, 1.82) is 0 Å². The van der Waals surface area contributed by atoms with E-state index in [1.165, 1.54) is 0 Å². The highest BCUT2D eigenvalue weighted by molar-refractivity contribution is 5.78. The molecule has 0 radical (unpaired) electrons. The Kier molecular flexibility index (Phi) is 4.50. The largest absolute Gasteiger partial charge is 0.389 e. The van der Waals surface area contributed by atoms with Gasteiger partial charge in [-0.15, -0.1) is 6.58 Å². The molecule has 1 aliphatic heterocycles. The molecule has 0 aliphatic carbocycles. The molecule has 1 heterocycles. The molecular weight excluding hydrogens is 204 g/mol. The van der Waals surface area contributed by atoms with Crippen LogP contribution in [0.25, 0.3) is 0 Å². The third kappa shape index (κ3) is 3.61. The predicted molar refractivity (Wildman–Crippen MR) is 64.1 cm³/mol. The fourth-order valence-electron chi connectivity index (χ4n) is 2.24. The summed E-state index contributed by atoms with van der Waals surface area (Å²) in [5.74, 6) is -0.00366. The number of hydrogen-bond acceptors (Lipinski definition) is 3. The van der Waals surface area contributed by atoms with E-state index in [0.29, 0.717) is 13.1 Å². The lowest BCUT2D eigenvalue weighted by Gasteiger charge is -2.33. The smallest absolute Gasteiger partial charge is 0.234 e. The van der Waals surface area contributed by atoms with Gasteiger partial charge in [-0.1, -0.05) is 6.08 Å². The maximum Gasteiger partial charge on any atom is 0.234 e. The van der Waals surface area contributed by atoms with Gasteiger partial charge < -0.3 is 10.4 Å². The van der Waals surface area contributed by atoms with Gasteiger partial charge in [-0.25, -0.2) is 0 Å². The molecule has 4 heteroatoms. The molecule has 1 fully saturated rings. The van der Waals surface area contributed by atoms with E-state index in [1.807, 2.05) is 0 Å². The van der Waals surface area contributed by atoms with Crippen LogP contribution >= 0.6 is 0 Å². The van der Waals surface area contributed by atoms with Crippen molar-refractivity contribution in [2.24, 2.45) is 0 Å². The minimum absolute atomic E-state index is 0.00366. The van der Waals surface area contributed by atoms with Gasteiger partial charge in [0.25, 0.3) is 0 Å². The molecule has 1 unspecified atom stereocenters. The van der Waals surface area contributed by atoms with Crippen molar-refractivity contribution in [2.45, 2.75) is 38.3 Å². The van der Waals surface area contributed by atoms with Gasteiger partial charge in [0.1, 0.15) is 0 Å². The highest BCUT2D eigenvalue weighted by Gasteiger charge is 2.36. The lowest BCUT2D eigenvalue weighted by atomic mass is 9.97. The molecule has 0 aromatic rings. The number of nitrogens with one attached hydrogen (secondary N) is 1. The monoisotopic (exact) mass is 226 g/mol. The Labute approximate surface area is 97.3 Å². The molecule has 1 saturated heterocycles. The van der Waals surface area contributed by atoms with Crippen molar-refractivity contribution >= 4 is 5.91 Å². The fraction of sp³-hybridized carbons (Fsp3) is 0.750. The summed E-state index contributed by atoms with van der Waals surface area (Å²) in [5, 5.41) is 12.7. The molecule has 92 valence electrons. The minimum atomic E-state index is -0.741. The van der Waals surface area contributed by atoms with Gasteiger partial charge in [0.2, 0.25) is 5.91 Å². The second-order valence-electron chi connectivity index (χ2n) is 4.87. The second kappa shape index (κ2) is 5.46. The average Bonchev–Trinajstić information content (AvgIpc) is 2.62. The van der Waals surface area contributed by atoms with Crippen LogP contribution in [-0.4, -0.2) is 47.2 Å². The van der Waals surface area contributed by atoms with Gasteiger partial charge in [0.15, 0.2) is 0 Å². The Morgan fingerprint density at radius 3 is 2.94 bits per heavy atom. The van der Waals surface area contributed by atoms with Crippen LogP contribution < -0.4 is 5.32 Å². The third-order valence-electron chi connectivity index (χ3n) is 2.97. The summed E-state index contributed by atoms with van der Waals surface area (Å²) in [6.45, 7) is 8.91. The van der Waals surface area contributed by atoms with Gasteiger partial charge in [0, 0.05) is 12.6 Å². The normalized spacial score (nSPS) is 22.1. The summed E-state index contributed by atoms with van der Waals surface area (Å²) in [5.41, 5.74) is -0.741. The number of likely N-dealkylation sites (tertiary alicyclic amines) is 1. The maximum absolute atomic E-state index is 11.5. The molecule has 0 spiro atoms. The van der Waals surface area contributed by atoms with Crippen molar-refractivity contribution in [3.05, 3.63) is 12.7 Å². The number of hydrogen-bond donors (Lipinski definition) is 2. The number of nitrogens with zero attached hydrogens (tertiary/aromatic N) is 1. The number of carbonyl (C=O) groups excluding carboxylic acids is 1. The standard InChI is InChI=1S/C12H22N2O2/c1-4-7-13-11(15)9-14-8-5-6-10(14)12(2,3)16/h4,10,16H,1,5-9H2,2-3H3,(H,13,15). The van der Waals surface area contributed by atoms with Crippen LogP contribution in [0.4, 0.5) is 0 Å². The van der Waals surface area contributed by atoms with Crippen molar-refractivity contribution in [3.8, 4) is 0 Å². The van der Waals surface area contributed by atoms with Crippen LogP contribution in [0.3, 0.4) is 0 Å². The molecule has 2 N–H and O–H groups in total. The Bertz CT molecular complexity index is 258. The Hall–Kier alpha value is -0.870. The quantitative estimate of drug-likeness (QED) is 0.672. The van der Waals surface area contributed by atoms with Crippen LogP contribution in [0.15, 0.2) is 12.7 Å². The Morgan fingerprint density at radius 2 is 2.38 bits per heavy atom. The molecule has 0 aromatic heterocycles. The summed E-state index contributed by atoms with van der Waals surface area (Å²) >= 11 is 0. The van der Waals surface area contributed by atoms with E-state index in [9.17, 15) is 9.90 Å². The zero-order valence-corrected chi connectivity index (χ0v) is 10.2. The molecule has 4 nitrogen and oxygen atoms in total. The topological polar surface area (TPSA) is 52.6 Å². The van der Waals surface area contributed by atoms with Gasteiger partial charge in [0.05, 0.1) is 12.1 Å². The second-order valence-corrected chi connectivity index (χ2v) is 4.87. The van der Waals surface area contributed by atoms with Crippen molar-refractivity contribution < 1.29 is 9.90 Å². The van der Waals surface area contributed by atoms with Crippen LogP contribution in [0.1, 0.15) is 26.7 Å². The maximum atomic E-state index is 11.5. The lowest BCUT2D eigenvalue weighted by Crippen LogP contribution is -2.49. The Balaban J connectivity index is 2.46. The average molecular weight is 226 g/mol. The van der Waals surface area contributed by atoms with E-state index in [1.54, 1.807) is 19.9 Å². The first-order valence-corrected chi connectivity index (χ1v) is 5.79. The van der Waals surface area contributed by atoms with Crippen LogP contribution in [0.5, 0.6) is 0 Å². The number of rotatable bonds is 5. The number of carbonyl (C=O) groups is 1. The van der Waals surface area contributed by atoms with Gasteiger partial charge in [-0.05, 0) is 33.2 Å². The fourth-order valence-corrected chi connectivity index (χ4v) is 2.24. The molecule has 1 rings (SSSR count). The summed E-state index contributed by atoms with van der Waals surface area (Å²) in [6, 6.07) is 0.0852. The van der Waals surface area contributed by atoms with Crippen LogP contribution in [-0.2, 0) is 4.79 Å². The van der Waals surface area contributed by atoms with E-state index >= 15 is 0 Å². The van der Waals surface area contributed by atoms with Gasteiger partial charge >= 0.3 is 0 Å². The molecule has 1 amide bonds. The zero-order valence-electron chi connectivity index (χ0n) is 10.2. The van der Waals surface area contributed by atoms with E-state index in [2.05, 4.69) is 16.8 Å². The minimum Gasteiger partial charge on any atom is -0.389 e. The third-order valence-corrected chi connectivity index (χ3v) is 2.97. The van der Waals surface area contributed by atoms with Crippen molar-refractivity contribution in [3.63, 3.8) is 0 Å². The first kappa shape index (κ1) is 13.2. The molecule has 16 heavy (non-hydrogen) atoms. The summed E-state index contributed by atoms with van der Waals surface area (Å²) in [4.78, 5) is 13.6. The highest BCUT2D eigenvalue weighted by Crippen LogP contribution is 2.26. The van der Waals surface area contributed by atoms with Crippen molar-refractivity contribution in [2.75, 3.05) is 19.6 Å². The van der Waals surface area contributed by atoms with E-state index < -0.39 is 5.60 Å². The molecule has 0 bridgehead atoms. The molecule has 1 aliphatic rings. The van der Waals surface area contributed by atoms with E-state index in [0.717, 1.165) is 19.4 Å². The van der Waals surface area contributed by atoms with Crippen LogP contribution in [0, 0.1) is 0 Å². The van der Waals surface area contributed by atoms with Crippen LogP contribution in [0.2, 0.25) is 0 Å². The van der Waals surface area contributed by atoms with E-state index in [4.69, 9.17) is 0 Å². The van der Waals surface area contributed by atoms with Gasteiger partial charge in [-0.2, -0.15) is 0 Å². The first-order chi connectivity index (χ1) is 7.45. The SMILES string of the molecule is C=CCNC(=O)CN1CCCC1C(C)(C)O. The van der Waals surface area contributed by atoms with Gasteiger partial charge in [-0.3, -0.25) is 9.69 Å². The molecule has 0 saturated carbocycles. The summed E-state index contributed by atoms with van der Waals surface area (Å²) in [6.07, 6.45) is 3.66. The first-order valence-electron chi connectivity index (χ1n) is 5.79. The molecular formula is C12H22N2O2.